The molecule has 0 radical (unpaired) electrons. The van der Waals surface area contributed by atoms with Gasteiger partial charge in [0.05, 0.1) is 32.5 Å². The Morgan fingerprint density at radius 2 is 1.87 bits per heavy atom. The van der Waals surface area contributed by atoms with Gasteiger partial charge in [-0.25, -0.2) is 0 Å². The molecule has 4 heterocycles. The molecule has 0 aromatic heterocycles. The minimum atomic E-state index is -0.252. The van der Waals surface area contributed by atoms with Gasteiger partial charge in [-0.15, -0.1) is 0 Å². The first-order valence-corrected chi connectivity index (χ1v) is 11.9. The Labute approximate surface area is 185 Å². The van der Waals surface area contributed by atoms with Crippen LogP contribution in [-0.4, -0.2) is 93.1 Å². The summed E-state index contributed by atoms with van der Waals surface area (Å²) in [6.45, 7) is 9.19. The van der Waals surface area contributed by atoms with Gasteiger partial charge in [-0.3, -0.25) is 9.69 Å². The number of para-hydroxylation sites is 1. The molecule has 5 rings (SSSR count). The standard InChI is InChI=1S/C24H35N3O4/c28-23-6-3-9-27(23)17-21-7-8-24(31-21)18-25(10-13-30-19-24)16-20-4-1-2-5-22(20)26-11-14-29-15-12-26/h1-2,4-5,21H,3,6-19H2/t21-,24+/m1/s1. The van der Waals surface area contributed by atoms with Crippen molar-refractivity contribution in [2.24, 2.45) is 0 Å². The van der Waals surface area contributed by atoms with Crippen LogP contribution in [0.3, 0.4) is 0 Å². The van der Waals surface area contributed by atoms with E-state index in [0.717, 1.165) is 84.9 Å². The molecular formula is C24H35N3O4. The number of benzene rings is 1. The van der Waals surface area contributed by atoms with E-state index in [1.54, 1.807) is 0 Å². The summed E-state index contributed by atoms with van der Waals surface area (Å²) < 4.78 is 18.2. The third kappa shape index (κ3) is 4.90. The zero-order chi connectivity index (χ0) is 21.1. The third-order valence-electron chi connectivity index (χ3n) is 7.10. The van der Waals surface area contributed by atoms with Crippen molar-refractivity contribution in [3.05, 3.63) is 29.8 Å². The average molecular weight is 430 g/mol. The van der Waals surface area contributed by atoms with Gasteiger partial charge in [0.2, 0.25) is 5.91 Å². The molecule has 7 heteroatoms. The molecule has 170 valence electrons. The fourth-order valence-corrected chi connectivity index (χ4v) is 5.51. The van der Waals surface area contributed by atoms with Gasteiger partial charge >= 0.3 is 0 Å². The minimum absolute atomic E-state index is 0.131. The second-order valence-electron chi connectivity index (χ2n) is 9.40. The van der Waals surface area contributed by atoms with Gasteiger partial charge in [0.25, 0.3) is 0 Å². The molecule has 0 N–H and O–H groups in total. The number of hydrogen-bond acceptors (Lipinski definition) is 6. The normalized spacial score (nSPS) is 30.3. The molecular weight excluding hydrogens is 394 g/mol. The Morgan fingerprint density at radius 1 is 1.03 bits per heavy atom. The number of likely N-dealkylation sites (tertiary alicyclic amines) is 1. The van der Waals surface area contributed by atoms with E-state index >= 15 is 0 Å². The minimum Gasteiger partial charge on any atom is -0.378 e. The summed E-state index contributed by atoms with van der Waals surface area (Å²) in [7, 11) is 0. The first-order chi connectivity index (χ1) is 15.2. The van der Waals surface area contributed by atoms with E-state index in [0.29, 0.717) is 13.0 Å². The van der Waals surface area contributed by atoms with Crippen molar-refractivity contribution >= 4 is 11.6 Å². The predicted molar refractivity (Wildman–Crippen MR) is 118 cm³/mol. The molecule has 1 aromatic rings. The van der Waals surface area contributed by atoms with Crippen molar-refractivity contribution in [1.29, 1.82) is 0 Å². The number of hydrogen-bond donors (Lipinski definition) is 0. The number of ether oxygens (including phenoxy) is 3. The van der Waals surface area contributed by atoms with Crippen LogP contribution < -0.4 is 4.90 Å². The van der Waals surface area contributed by atoms with Gasteiger partial charge in [0.1, 0.15) is 5.60 Å². The second-order valence-corrected chi connectivity index (χ2v) is 9.40. The van der Waals surface area contributed by atoms with Gasteiger partial charge in [-0.2, -0.15) is 0 Å². The summed E-state index contributed by atoms with van der Waals surface area (Å²) in [6, 6.07) is 8.75. The van der Waals surface area contributed by atoms with Crippen LogP contribution in [0.2, 0.25) is 0 Å². The van der Waals surface area contributed by atoms with Gasteiger partial charge < -0.3 is 24.0 Å². The molecule has 4 fully saturated rings. The predicted octanol–water partition coefficient (Wildman–Crippen LogP) is 1.90. The number of morpholine rings is 1. The molecule has 4 aliphatic rings. The molecule has 1 amide bonds. The van der Waals surface area contributed by atoms with E-state index in [1.165, 1.54) is 11.3 Å². The van der Waals surface area contributed by atoms with E-state index in [4.69, 9.17) is 14.2 Å². The van der Waals surface area contributed by atoms with Crippen molar-refractivity contribution in [3.8, 4) is 0 Å². The van der Waals surface area contributed by atoms with Crippen LogP contribution in [0.25, 0.3) is 0 Å². The number of carbonyl (C=O) groups excluding carboxylic acids is 1. The number of rotatable bonds is 5. The lowest BCUT2D eigenvalue weighted by Gasteiger charge is -2.34. The smallest absolute Gasteiger partial charge is 0.222 e. The fraction of sp³-hybridized carbons (Fsp3) is 0.708. The number of anilines is 1. The molecule has 1 spiro atoms. The van der Waals surface area contributed by atoms with Crippen LogP contribution in [0.1, 0.15) is 31.2 Å². The Morgan fingerprint density at radius 3 is 2.71 bits per heavy atom. The van der Waals surface area contributed by atoms with Crippen LogP contribution >= 0.6 is 0 Å². The molecule has 2 atom stereocenters. The van der Waals surface area contributed by atoms with E-state index in [2.05, 4.69) is 34.1 Å². The van der Waals surface area contributed by atoms with Crippen LogP contribution in [0.4, 0.5) is 5.69 Å². The summed E-state index contributed by atoms with van der Waals surface area (Å²) in [5.74, 6) is 0.281. The van der Waals surface area contributed by atoms with Gasteiger partial charge in [0.15, 0.2) is 0 Å². The molecule has 7 nitrogen and oxygen atoms in total. The number of nitrogens with zero attached hydrogens (tertiary/aromatic N) is 3. The van der Waals surface area contributed by atoms with Gasteiger partial charge in [-0.1, -0.05) is 18.2 Å². The maximum Gasteiger partial charge on any atom is 0.222 e. The maximum atomic E-state index is 12.0. The zero-order valence-electron chi connectivity index (χ0n) is 18.5. The van der Waals surface area contributed by atoms with Crippen molar-refractivity contribution in [2.45, 2.75) is 43.9 Å². The van der Waals surface area contributed by atoms with Crippen molar-refractivity contribution in [2.75, 3.05) is 70.6 Å². The third-order valence-corrected chi connectivity index (χ3v) is 7.10. The molecule has 0 bridgehead atoms. The maximum absolute atomic E-state index is 12.0. The Balaban J connectivity index is 1.25. The monoisotopic (exact) mass is 429 g/mol. The largest absolute Gasteiger partial charge is 0.378 e. The summed E-state index contributed by atoms with van der Waals surface area (Å²) in [6.07, 6.45) is 3.81. The van der Waals surface area contributed by atoms with Crippen LogP contribution in [0.5, 0.6) is 0 Å². The average Bonchev–Trinajstić information content (AvgIpc) is 3.32. The van der Waals surface area contributed by atoms with E-state index in [-0.39, 0.29) is 17.6 Å². The highest BCUT2D eigenvalue weighted by Gasteiger charge is 2.44. The highest BCUT2D eigenvalue weighted by molar-refractivity contribution is 5.78. The van der Waals surface area contributed by atoms with E-state index in [1.807, 2.05) is 4.90 Å². The van der Waals surface area contributed by atoms with E-state index < -0.39 is 0 Å². The molecule has 4 aliphatic heterocycles. The van der Waals surface area contributed by atoms with Crippen LogP contribution in [0.15, 0.2) is 24.3 Å². The summed E-state index contributed by atoms with van der Waals surface area (Å²) in [4.78, 5) is 19.0. The molecule has 31 heavy (non-hydrogen) atoms. The highest BCUT2D eigenvalue weighted by atomic mass is 16.6. The van der Waals surface area contributed by atoms with Gasteiger partial charge in [-0.05, 0) is 30.9 Å². The first-order valence-electron chi connectivity index (χ1n) is 11.9. The topological polar surface area (TPSA) is 54.5 Å². The second kappa shape index (κ2) is 9.45. The van der Waals surface area contributed by atoms with E-state index in [9.17, 15) is 4.79 Å². The van der Waals surface area contributed by atoms with Crippen LogP contribution in [0, 0.1) is 0 Å². The lowest BCUT2D eigenvalue weighted by molar-refractivity contribution is -0.132. The summed E-state index contributed by atoms with van der Waals surface area (Å²) in [5.41, 5.74) is 2.43. The quantitative estimate of drug-likeness (QED) is 0.713. The molecule has 0 aliphatic carbocycles. The summed E-state index contributed by atoms with van der Waals surface area (Å²) in [5, 5.41) is 0. The SMILES string of the molecule is O=C1CCCN1C[C@H]1CC[C@]2(COCCN(Cc3ccccc3N3CCOCC3)C2)O1. The molecule has 0 unspecified atom stereocenters. The fourth-order valence-electron chi connectivity index (χ4n) is 5.51. The Bertz CT molecular complexity index is 769. The van der Waals surface area contributed by atoms with Crippen molar-refractivity contribution < 1.29 is 19.0 Å². The Hall–Kier alpha value is -1.67. The van der Waals surface area contributed by atoms with Gasteiger partial charge in [0, 0.05) is 57.9 Å². The molecule has 4 saturated heterocycles. The lowest BCUT2D eigenvalue weighted by Crippen LogP contribution is -2.45. The summed E-state index contributed by atoms with van der Waals surface area (Å²) >= 11 is 0. The first kappa shape index (κ1) is 21.2. The molecule has 0 saturated carbocycles. The Kier molecular flexibility index (Phi) is 6.46. The number of amides is 1. The lowest BCUT2D eigenvalue weighted by atomic mass is 9.99. The van der Waals surface area contributed by atoms with Crippen molar-refractivity contribution in [1.82, 2.24) is 9.80 Å². The number of carbonyl (C=O) groups is 1. The highest BCUT2D eigenvalue weighted by Crippen LogP contribution is 2.35. The van der Waals surface area contributed by atoms with Crippen molar-refractivity contribution in [3.63, 3.8) is 0 Å². The zero-order valence-corrected chi connectivity index (χ0v) is 18.5. The molecule has 1 aromatic carbocycles. The van der Waals surface area contributed by atoms with Crippen LogP contribution in [-0.2, 0) is 25.5 Å².